The maximum absolute atomic E-state index is 13.4. The number of hydrogen-bond acceptors (Lipinski definition) is 4. The Morgan fingerprint density at radius 2 is 1.93 bits per heavy atom. The van der Waals surface area contributed by atoms with E-state index in [9.17, 15) is 13.6 Å². The number of hydrogen-bond donors (Lipinski definition) is 0. The quantitative estimate of drug-likeness (QED) is 0.820. The van der Waals surface area contributed by atoms with Crippen LogP contribution in [0.3, 0.4) is 0 Å². The number of carbonyl (C=O) groups is 1. The van der Waals surface area contributed by atoms with E-state index in [1.165, 1.54) is 12.1 Å². The van der Waals surface area contributed by atoms with E-state index >= 15 is 0 Å². The first-order valence-electron chi connectivity index (χ1n) is 9.52. The number of amides is 1. The number of carbonyl (C=O) groups excluding carboxylic acids is 1. The Balaban J connectivity index is 1.40. The standard InChI is InChI=1S/C20H23F2N3O2/c21-16-6-5-14(10-17(16)22)12-24-7-3-4-15(13-24)18-11-19(27-23-18)20(26)25-8-1-2-9-25/h5-6,10-11,15H,1-4,7-9,12-13H2/t15-/m1/s1. The zero-order valence-corrected chi connectivity index (χ0v) is 15.2. The van der Waals surface area contributed by atoms with Crippen LogP contribution >= 0.6 is 0 Å². The Kier molecular flexibility index (Phi) is 5.20. The van der Waals surface area contributed by atoms with Gasteiger partial charge in [0, 0.05) is 38.2 Å². The Labute approximate surface area is 156 Å². The fourth-order valence-corrected chi connectivity index (χ4v) is 3.99. The van der Waals surface area contributed by atoms with E-state index in [0.29, 0.717) is 12.3 Å². The van der Waals surface area contributed by atoms with Crippen LogP contribution in [0.5, 0.6) is 0 Å². The van der Waals surface area contributed by atoms with Gasteiger partial charge in [-0.1, -0.05) is 11.2 Å². The third-order valence-corrected chi connectivity index (χ3v) is 5.45. The van der Waals surface area contributed by atoms with Crippen LogP contribution in [0, 0.1) is 11.6 Å². The van der Waals surface area contributed by atoms with Gasteiger partial charge in [0.2, 0.25) is 5.76 Å². The molecule has 3 heterocycles. The number of piperidine rings is 1. The van der Waals surface area contributed by atoms with E-state index in [4.69, 9.17) is 4.52 Å². The molecule has 4 rings (SSSR count). The largest absolute Gasteiger partial charge is 0.351 e. The van der Waals surface area contributed by atoms with Gasteiger partial charge >= 0.3 is 0 Å². The van der Waals surface area contributed by atoms with Crippen molar-refractivity contribution in [2.45, 2.75) is 38.1 Å². The molecular weight excluding hydrogens is 352 g/mol. The predicted octanol–water partition coefficient (Wildman–Crippen LogP) is 3.57. The summed E-state index contributed by atoms with van der Waals surface area (Å²) in [5, 5.41) is 4.14. The lowest BCUT2D eigenvalue weighted by Crippen LogP contribution is -2.34. The molecule has 27 heavy (non-hydrogen) atoms. The average molecular weight is 375 g/mol. The van der Waals surface area contributed by atoms with Crippen molar-refractivity contribution in [2.24, 2.45) is 0 Å². The summed E-state index contributed by atoms with van der Waals surface area (Å²) < 4.78 is 31.9. The molecule has 1 amide bonds. The van der Waals surface area contributed by atoms with Gasteiger partial charge in [-0.3, -0.25) is 9.69 Å². The molecule has 1 atom stereocenters. The van der Waals surface area contributed by atoms with E-state index in [0.717, 1.165) is 63.1 Å². The first-order chi connectivity index (χ1) is 13.1. The van der Waals surface area contributed by atoms with Gasteiger partial charge in [0.15, 0.2) is 11.6 Å². The number of rotatable bonds is 4. The minimum atomic E-state index is -0.826. The van der Waals surface area contributed by atoms with Gasteiger partial charge in [-0.25, -0.2) is 8.78 Å². The highest BCUT2D eigenvalue weighted by molar-refractivity contribution is 5.91. The number of aromatic nitrogens is 1. The molecular formula is C20H23F2N3O2. The fraction of sp³-hybridized carbons (Fsp3) is 0.500. The molecule has 2 saturated heterocycles. The fourth-order valence-electron chi connectivity index (χ4n) is 3.99. The smallest absolute Gasteiger partial charge is 0.292 e. The Morgan fingerprint density at radius 1 is 1.11 bits per heavy atom. The van der Waals surface area contributed by atoms with Crippen molar-refractivity contribution in [3.8, 4) is 0 Å². The van der Waals surface area contributed by atoms with Crippen LogP contribution in [0.2, 0.25) is 0 Å². The van der Waals surface area contributed by atoms with Crippen molar-refractivity contribution in [3.63, 3.8) is 0 Å². The van der Waals surface area contributed by atoms with Crippen molar-refractivity contribution in [2.75, 3.05) is 26.2 Å². The molecule has 0 N–H and O–H groups in total. The van der Waals surface area contributed by atoms with Crippen molar-refractivity contribution in [1.29, 1.82) is 0 Å². The van der Waals surface area contributed by atoms with Gasteiger partial charge in [0.25, 0.3) is 5.91 Å². The molecule has 7 heteroatoms. The summed E-state index contributed by atoms with van der Waals surface area (Å²) in [6.07, 6.45) is 4.03. The molecule has 0 unspecified atom stereocenters. The van der Waals surface area contributed by atoms with Crippen molar-refractivity contribution in [3.05, 3.63) is 52.9 Å². The Morgan fingerprint density at radius 3 is 2.70 bits per heavy atom. The molecule has 0 spiro atoms. The molecule has 2 fully saturated rings. The monoisotopic (exact) mass is 375 g/mol. The normalized spacial score (nSPS) is 21.0. The van der Waals surface area contributed by atoms with E-state index in [2.05, 4.69) is 10.1 Å². The molecule has 1 aromatic heterocycles. The second-order valence-corrected chi connectivity index (χ2v) is 7.44. The highest BCUT2D eigenvalue weighted by atomic mass is 19.2. The highest BCUT2D eigenvalue weighted by Gasteiger charge is 2.28. The number of likely N-dealkylation sites (tertiary alicyclic amines) is 2. The number of benzene rings is 1. The van der Waals surface area contributed by atoms with Gasteiger partial charge in [-0.2, -0.15) is 0 Å². The summed E-state index contributed by atoms with van der Waals surface area (Å²) in [7, 11) is 0. The molecule has 2 aliphatic rings. The zero-order chi connectivity index (χ0) is 18.8. The van der Waals surface area contributed by atoms with Gasteiger partial charge in [-0.05, 0) is 49.9 Å². The minimum absolute atomic E-state index is 0.0827. The lowest BCUT2D eigenvalue weighted by molar-refractivity contribution is 0.0751. The molecule has 0 bridgehead atoms. The van der Waals surface area contributed by atoms with E-state index in [1.54, 1.807) is 17.0 Å². The maximum Gasteiger partial charge on any atom is 0.292 e. The van der Waals surface area contributed by atoms with Crippen LogP contribution in [0.4, 0.5) is 8.78 Å². The molecule has 0 saturated carbocycles. The lowest BCUT2D eigenvalue weighted by atomic mass is 9.94. The molecule has 0 aliphatic carbocycles. The van der Waals surface area contributed by atoms with E-state index < -0.39 is 11.6 Å². The third-order valence-electron chi connectivity index (χ3n) is 5.45. The van der Waals surface area contributed by atoms with Crippen LogP contribution in [0.25, 0.3) is 0 Å². The number of nitrogens with zero attached hydrogens (tertiary/aromatic N) is 3. The topological polar surface area (TPSA) is 49.6 Å². The summed E-state index contributed by atoms with van der Waals surface area (Å²) in [4.78, 5) is 16.4. The summed E-state index contributed by atoms with van der Waals surface area (Å²) in [6, 6.07) is 5.80. The molecule has 0 radical (unpaired) electrons. The van der Waals surface area contributed by atoms with Crippen molar-refractivity contribution >= 4 is 5.91 Å². The van der Waals surface area contributed by atoms with Crippen LogP contribution < -0.4 is 0 Å². The predicted molar refractivity (Wildman–Crippen MR) is 95.3 cm³/mol. The van der Waals surface area contributed by atoms with E-state index in [-0.39, 0.29) is 11.8 Å². The summed E-state index contributed by atoms with van der Waals surface area (Å²) >= 11 is 0. The van der Waals surface area contributed by atoms with Gasteiger partial charge in [0.05, 0.1) is 5.69 Å². The summed E-state index contributed by atoms with van der Waals surface area (Å²) in [5.41, 5.74) is 1.55. The van der Waals surface area contributed by atoms with E-state index in [1.807, 2.05) is 0 Å². The second-order valence-electron chi connectivity index (χ2n) is 7.44. The van der Waals surface area contributed by atoms with Gasteiger partial charge < -0.3 is 9.42 Å². The molecule has 2 aliphatic heterocycles. The molecule has 144 valence electrons. The van der Waals surface area contributed by atoms with Crippen LogP contribution in [-0.4, -0.2) is 47.0 Å². The number of halogens is 2. The highest BCUT2D eigenvalue weighted by Crippen LogP contribution is 2.28. The SMILES string of the molecule is O=C(c1cc([C@@H]2CCCN(Cc3ccc(F)c(F)c3)C2)no1)N1CCCC1. The molecule has 2 aromatic rings. The first kappa shape index (κ1) is 18.1. The molecule has 1 aromatic carbocycles. The molecule has 5 nitrogen and oxygen atoms in total. The Bertz CT molecular complexity index is 817. The van der Waals surface area contributed by atoms with Gasteiger partial charge in [-0.15, -0.1) is 0 Å². The summed E-state index contributed by atoms with van der Waals surface area (Å²) in [6.45, 7) is 3.77. The average Bonchev–Trinajstić information content (AvgIpc) is 3.36. The van der Waals surface area contributed by atoms with Crippen molar-refractivity contribution < 1.29 is 18.1 Å². The lowest BCUT2D eigenvalue weighted by Gasteiger charge is -2.31. The summed E-state index contributed by atoms with van der Waals surface area (Å²) in [5.74, 6) is -1.24. The van der Waals surface area contributed by atoms with Crippen LogP contribution in [0.1, 0.15) is 53.4 Å². The zero-order valence-electron chi connectivity index (χ0n) is 15.2. The second kappa shape index (κ2) is 7.76. The van der Waals surface area contributed by atoms with Gasteiger partial charge in [0.1, 0.15) is 0 Å². The maximum atomic E-state index is 13.4. The Hall–Kier alpha value is -2.28. The van der Waals surface area contributed by atoms with Crippen molar-refractivity contribution in [1.82, 2.24) is 15.0 Å². The van der Waals surface area contributed by atoms with Crippen LogP contribution in [-0.2, 0) is 6.54 Å². The van der Waals surface area contributed by atoms with Crippen LogP contribution in [0.15, 0.2) is 28.8 Å². The minimum Gasteiger partial charge on any atom is -0.351 e. The third kappa shape index (κ3) is 4.03. The first-order valence-corrected chi connectivity index (χ1v) is 9.52.